The second-order valence-electron chi connectivity index (χ2n) is 5.21. The Morgan fingerprint density at radius 1 is 1.38 bits per heavy atom. The average Bonchev–Trinajstić information content (AvgIpc) is 2.54. The molecule has 0 atom stereocenters. The van der Waals surface area contributed by atoms with Crippen LogP contribution < -0.4 is 5.32 Å². The van der Waals surface area contributed by atoms with Gasteiger partial charge in [-0.05, 0) is 12.1 Å². The van der Waals surface area contributed by atoms with E-state index in [0.29, 0.717) is 26.2 Å². The molecule has 1 aromatic carbocycles. The van der Waals surface area contributed by atoms with Crippen LogP contribution in [0.3, 0.4) is 0 Å². The van der Waals surface area contributed by atoms with Gasteiger partial charge in [-0.15, -0.1) is 12.4 Å². The highest BCUT2D eigenvalue weighted by Gasteiger charge is 2.26. The number of hydrogen-bond donors (Lipinski definition) is 1. The monoisotopic (exact) mass is 376 g/mol. The Labute approximate surface area is 150 Å². The number of nitro benzene ring substituents is 1. The minimum Gasteiger partial charge on any atom is -0.339 e. The van der Waals surface area contributed by atoms with Crippen molar-refractivity contribution >= 4 is 41.5 Å². The highest BCUT2D eigenvalue weighted by atomic mass is 35.5. The number of likely N-dealkylation sites (N-methyl/N-ethyl adjacent to an activating group) is 1. The fourth-order valence-corrected chi connectivity index (χ4v) is 2.51. The molecule has 1 aliphatic heterocycles. The first kappa shape index (κ1) is 20.1. The van der Waals surface area contributed by atoms with Crippen molar-refractivity contribution in [2.24, 2.45) is 0 Å². The lowest BCUT2D eigenvalue weighted by atomic mass is 10.1. The van der Waals surface area contributed by atoms with Crippen LogP contribution in [0.4, 0.5) is 5.69 Å². The molecule has 0 spiro atoms. The maximum absolute atomic E-state index is 12.4. The number of benzene rings is 1. The van der Waals surface area contributed by atoms with Crippen LogP contribution in [0.5, 0.6) is 0 Å². The zero-order valence-corrected chi connectivity index (χ0v) is 14.6. The van der Waals surface area contributed by atoms with Gasteiger partial charge in [-0.25, -0.2) is 0 Å². The predicted octanol–water partition coefficient (Wildman–Crippen LogP) is 1.17. The molecule has 1 aromatic rings. The molecule has 0 saturated carbocycles. The minimum atomic E-state index is -0.643. The quantitative estimate of drug-likeness (QED) is 0.628. The van der Waals surface area contributed by atoms with Crippen LogP contribution in [0.25, 0.3) is 0 Å². The van der Waals surface area contributed by atoms with E-state index in [1.807, 2.05) is 0 Å². The van der Waals surface area contributed by atoms with Crippen molar-refractivity contribution in [1.82, 2.24) is 15.1 Å². The molecule has 1 heterocycles. The van der Waals surface area contributed by atoms with E-state index in [0.717, 1.165) is 0 Å². The Morgan fingerprint density at radius 3 is 2.58 bits per heavy atom. The Kier molecular flexibility index (Phi) is 7.40. The Bertz CT molecular complexity index is 635. The largest absolute Gasteiger partial charge is 0.339 e. The lowest BCUT2D eigenvalue weighted by Gasteiger charge is -2.29. The molecule has 24 heavy (non-hydrogen) atoms. The van der Waals surface area contributed by atoms with Gasteiger partial charge in [0, 0.05) is 44.3 Å². The number of carbonyl (C=O) groups is 2. The number of nitrogens with one attached hydrogen (secondary N) is 1. The molecule has 1 aliphatic rings. The third-order valence-electron chi connectivity index (χ3n) is 3.57. The van der Waals surface area contributed by atoms with E-state index in [1.54, 1.807) is 4.90 Å². The lowest BCUT2D eigenvalue weighted by Crippen LogP contribution is -2.49. The molecule has 0 bridgehead atoms. The SMILES string of the molecule is CN(CC(=O)N1CCNCC1)C(=O)c1cc(Cl)ccc1[N+](=O)[O-].Cl. The van der Waals surface area contributed by atoms with Crippen molar-refractivity contribution < 1.29 is 14.5 Å². The van der Waals surface area contributed by atoms with Gasteiger partial charge in [0.2, 0.25) is 5.91 Å². The molecular weight excluding hydrogens is 359 g/mol. The van der Waals surface area contributed by atoms with E-state index >= 15 is 0 Å². The zero-order valence-electron chi connectivity index (χ0n) is 13.0. The molecule has 132 valence electrons. The molecular formula is C14H18Cl2N4O4. The van der Waals surface area contributed by atoms with Gasteiger partial charge in [0.1, 0.15) is 5.56 Å². The molecule has 10 heteroatoms. The van der Waals surface area contributed by atoms with Crippen LogP contribution in [0.1, 0.15) is 10.4 Å². The Hall–Kier alpha value is -1.90. The summed E-state index contributed by atoms with van der Waals surface area (Å²) in [6.45, 7) is 2.45. The van der Waals surface area contributed by atoms with Gasteiger partial charge in [0.15, 0.2) is 0 Å². The Morgan fingerprint density at radius 2 is 2.00 bits per heavy atom. The molecule has 0 unspecified atom stereocenters. The first-order valence-electron chi connectivity index (χ1n) is 7.08. The first-order chi connectivity index (χ1) is 10.9. The maximum Gasteiger partial charge on any atom is 0.282 e. The third-order valence-corrected chi connectivity index (χ3v) is 3.81. The zero-order chi connectivity index (χ0) is 17.0. The van der Waals surface area contributed by atoms with Crippen LogP contribution in [-0.2, 0) is 4.79 Å². The summed E-state index contributed by atoms with van der Waals surface area (Å²) in [6, 6.07) is 3.78. The van der Waals surface area contributed by atoms with Crippen LogP contribution in [-0.4, -0.2) is 66.3 Å². The topological polar surface area (TPSA) is 95.8 Å². The van der Waals surface area contributed by atoms with E-state index in [4.69, 9.17) is 11.6 Å². The summed E-state index contributed by atoms with van der Waals surface area (Å²) < 4.78 is 0. The van der Waals surface area contributed by atoms with Gasteiger partial charge < -0.3 is 15.1 Å². The van der Waals surface area contributed by atoms with Crippen molar-refractivity contribution in [2.75, 3.05) is 39.8 Å². The van der Waals surface area contributed by atoms with E-state index in [1.165, 1.54) is 30.1 Å². The molecule has 1 N–H and O–H groups in total. The second-order valence-corrected chi connectivity index (χ2v) is 5.65. The second kappa shape index (κ2) is 8.81. The highest BCUT2D eigenvalue weighted by molar-refractivity contribution is 6.31. The fourth-order valence-electron chi connectivity index (χ4n) is 2.33. The third kappa shape index (κ3) is 4.80. The number of halogens is 2. The van der Waals surface area contributed by atoms with Gasteiger partial charge in [-0.1, -0.05) is 11.6 Å². The van der Waals surface area contributed by atoms with E-state index < -0.39 is 10.8 Å². The summed E-state index contributed by atoms with van der Waals surface area (Å²) >= 11 is 5.82. The van der Waals surface area contributed by atoms with Crippen molar-refractivity contribution in [2.45, 2.75) is 0 Å². The predicted molar refractivity (Wildman–Crippen MR) is 91.8 cm³/mol. The van der Waals surface area contributed by atoms with Crippen LogP contribution in [0.2, 0.25) is 5.02 Å². The van der Waals surface area contributed by atoms with Crippen LogP contribution in [0.15, 0.2) is 18.2 Å². The summed E-state index contributed by atoms with van der Waals surface area (Å²) in [6.07, 6.45) is 0. The number of nitro groups is 1. The summed E-state index contributed by atoms with van der Waals surface area (Å²) in [7, 11) is 1.44. The van der Waals surface area contributed by atoms with Gasteiger partial charge >= 0.3 is 0 Å². The summed E-state index contributed by atoms with van der Waals surface area (Å²) in [5.74, 6) is -0.797. The van der Waals surface area contributed by atoms with Gasteiger partial charge in [-0.2, -0.15) is 0 Å². The van der Waals surface area contributed by atoms with E-state index in [2.05, 4.69) is 5.32 Å². The molecule has 2 rings (SSSR count). The smallest absolute Gasteiger partial charge is 0.282 e. The van der Waals surface area contributed by atoms with E-state index in [9.17, 15) is 19.7 Å². The number of rotatable bonds is 4. The van der Waals surface area contributed by atoms with Gasteiger partial charge in [-0.3, -0.25) is 19.7 Å². The number of amides is 2. The van der Waals surface area contributed by atoms with E-state index in [-0.39, 0.29) is 41.1 Å². The number of piperazine rings is 1. The van der Waals surface area contributed by atoms with Crippen LogP contribution in [0, 0.1) is 10.1 Å². The fraction of sp³-hybridized carbons (Fsp3) is 0.429. The van der Waals surface area contributed by atoms with Crippen LogP contribution >= 0.6 is 24.0 Å². The van der Waals surface area contributed by atoms with Crippen molar-refractivity contribution in [3.8, 4) is 0 Å². The standard InChI is InChI=1S/C14H17ClN4O4.ClH/c1-17(9-13(20)18-6-4-16-5-7-18)14(21)11-8-10(15)2-3-12(11)19(22)23;/h2-3,8,16H,4-7,9H2,1H3;1H. The molecule has 0 radical (unpaired) electrons. The number of carbonyl (C=O) groups excluding carboxylic acids is 2. The maximum atomic E-state index is 12.4. The van der Waals surface area contributed by atoms with Crippen molar-refractivity contribution in [3.05, 3.63) is 38.9 Å². The van der Waals surface area contributed by atoms with Gasteiger partial charge in [0.05, 0.1) is 11.5 Å². The normalized spacial score (nSPS) is 13.8. The van der Waals surface area contributed by atoms with Crippen molar-refractivity contribution in [3.63, 3.8) is 0 Å². The van der Waals surface area contributed by atoms with Crippen molar-refractivity contribution in [1.29, 1.82) is 0 Å². The molecule has 0 aromatic heterocycles. The lowest BCUT2D eigenvalue weighted by molar-refractivity contribution is -0.385. The summed E-state index contributed by atoms with van der Waals surface area (Å²) in [5.41, 5.74) is -0.459. The minimum absolute atomic E-state index is 0. The molecule has 8 nitrogen and oxygen atoms in total. The van der Waals surface area contributed by atoms with Gasteiger partial charge in [0.25, 0.3) is 11.6 Å². The number of hydrogen-bond acceptors (Lipinski definition) is 5. The summed E-state index contributed by atoms with van der Waals surface area (Å²) in [4.78, 5) is 37.8. The molecule has 1 saturated heterocycles. The Balaban J connectivity index is 0.00000288. The number of nitrogens with zero attached hydrogens (tertiary/aromatic N) is 3. The molecule has 0 aliphatic carbocycles. The average molecular weight is 377 g/mol. The molecule has 2 amide bonds. The highest BCUT2D eigenvalue weighted by Crippen LogP contribution is 2.23. The summed E-state index contributed by atoms with van der Waals surface area (Å²) in [5, 5.41) is 14.4. The first-order valence-corrected chi connectivity index (χ1v) is 7.46. The molecule has 1 fully saturated rings.